The lowest BCUT2D eigenvalue weighted by atomic mass is 10.2. The molecule has 1 aliphatic heterocycles. The second-order valence-electron chi connectivity index (χ2n) is 8.90. The number of nitrogens with one attached hydrogen (secondary N) is 1. The number of aryl methyl sites for hydroxylation is 1. The summed E-state index contributed by atoms with van der Waals surface area (Å²) in [5, 5.41) is 6.27. The first-order valence-electron chi connectivity index (χ1n) is 12.2. The van der Waals surface area contributed by atoms with E-state index in [-0.39, 0.29) is 11.8 Å². The van der Waals surface area contributed by atoms with E-state index in [1.165, 1.54) is 11.3 Å². The van der Waals surface area contributed by atoms with Crippen molar-refractivity contribution in [3.05, 3.63) is 75.8 Å². The zero-order chi connectivity index (χ0) is 25.5. The number of carbonyl (C=O) groups excluding carboxylic acids is 2. The van der Waals surface area contributed by atoms with Crippen LogP contribution in [-0.2, 0) is 11.3 Å². The van der Waals surface area contributed by atoms with Crippen molar-refractivity contribution >= 4 is 45.6 Å². The first-order chi connectivity index (χ1) is 17.4. The van der Waals surface area contributed by atoms with Gasteiger partial charge in [-0.05, 0) is 36.7 Å². The molecular weight excluding hydrogens is 494 g/mol. The minimum atomic E-state index is -0.186. The molecule has 2 aromatic carbocycles. The highest BCUT2D eigenvalue weighted by atomic mass is 35.5. The molecule has 1 aliphatic rings. The molecule has 1 N–H and O–H groups in total. The maximum Gasteiger partial charge on any atom is 0.273 e. The van der Waals surface area contributed by atoms with Crippen LogP contribution in [0.4, 0.5) is 10.8 Å². The molecule has 3 aromatic rings. The zero-order valence-electron chi connectivity index (χ0n) is 20.7. The van der Waals surface area contributed by atoms with Gasteiger partial charge in [-0.2, -0.15) is 0 Å². The molecule has 190 valence electrons. The van der Waals surface area contributed by atoms with Crippen molar-refractivity contribution in [2.45, 2.75) is 26.8 Å². The van der Waals surface area contributed by atoms with Crippen LogP contribution in [0.5, 0.6) is 0 Å². The lowest BCUT2D eigenvalue weighted by molar-refractivity contribution is -0.133. The molecule has 0 atom stereocenters. The number of amides is 2. The van der Waals surface area contributed by atoms with Crippen LogP contribution in [0.3, 0.4) is 0 Å². The van der Waals surface area contributed by atoms with E-state index in [0.29, 0.717) is 35.4 Å². The van der Waals surface area contributed by atoms with Gasteiger partial charge in [0.2, 0.25) is 5.91 Å². The molecule has 2 heterocycles. The number of hydrogen-bond acceptors (Lipinski definition) is 6. The predicted molar refractivity (Wildman–Crippen MR) is 146 cm³/mol. The Kier molecular flexibility index (Phi) is 8.96. The summed E-state index contributed by atoms with van der Waals surface area (Å²) in [6.45, 7) is 9.16. The molecule has 0 saturated carbocycles. The van der Waals surface area contributed by atoms with Crippen LogP contribution in [0.15, 0.2) is 53.9 Å². The number of halogens is 1. The average molecular weight is 526 g/mol. The Hall–Kier alpha value is -2.94. The first kappa shape index (κ1) is 26.1. The molecule has 0 bridgehead atoms. The molecular formula is C27H32ClN5O2S. The number of aromatic nitrogens is 1. The van der Waals surface area contributed by atoms with E-state index in [9.17, 15) is 9.59 Å². The Labute approximate surface area is 221 Å². The molecule has 7 nitrogen and oxygen atoms in total. The Morgan fingerprint density at radius 1 is 1.11 bits per heavy atom. The van der Waals surface area contributed by atoms with Crippen molar-refractivity contribution in [2.75, 3.05) is 44.6 Å². The normalized spacial score (nSPS) is 14.0. The van der Waals surface area contributed by atoms with Gasteiger partial charge in [-0.25, -0.2) is 4.98 Å². The van der Waals surface area contributed by atoms with Gasteiger partial charge in [0.05, 0.1) is 0 Å². The SMILES string of the molecule is CCN1CCN(C(=O)CCN(Cc2ccccc2)C(=O)c2csc(Nc3cc(Cl)ccc3C)n2)CC1. The number of likely N-dealkylation sites (N-methyl/N-ethyl adjacent to an activating group) is 1. The Balaban J connectivity index is 1.44. The van der Waals surface area contributed by atoms with Crippen molar-refractivity contribution in [3.8, 4) is 0 Å². The van der Waals surface area contributed by atoms with Gasteiger partial charge in [0.1, 0.15) is 5.69 Å². The third kappa shape index (κ3) is 6.84. The lowest BCUT2D eigenvalue weighted by Gasteiger charge is -2.34. The fraction of sp³-hybridized carbons (Fsp3) is 0.370. The molecule has 0 aliphatic carbocycles. The van der Waals surface area contributed by atoms with Crippen molar-refractivity contribution in [1.82, 2.24) is 19.7 Å². The van der Waals surface area contributed by atoms with Gasteiger partial charge in [0.25, 0.3) is 5.91 Å². The highest BCUT2D eigenvalue weighted by Crippen LogP contribution is 2.27. The van der Waals surface area contributed by atoms with E-state index < -0.39 is 0 Å². The molecule has 36 heavy (non-hydrogen) atoms. The number of benzene rings is 2. The van der Waals surface area contributed by atoms with E-state index in [1.807, 2.05) is 60.4 Å². The molecule has 1 fully saturated rings. The second-order valence-corrected chi connectivity index (χ2v) is 10.2. The van der Waals surface area contributed by atoms with E-state index in [4.69, 9.17) is 11.6 Å². The topological polar surface area (TPSA) is 68.8 Å². The number of thiazole rings is 1. The van der Waals surface area contributed by atoms with Gasteiger partial charge < -0.3 is 20.0 Å². The second kappa shape index (κ2) is 12.3. The van der Waals surface area contributed by atoms with Crippen LogP contribution in [0.25, 0.3) is 0 Å². The minimum Gasteiger partial charge on any atom is -0.340 e. The van der Waals surface area contributed by atoms with Crippen LogP contribution in [0, 0.1) is 6.92 Å². The summed E-state index contributed by atoms with van der Waals surface area (Å²) in [6, 6.07) is 15.4. The zero-order valence-corrected chi connectivity index (χ0v) is 22.3. The molecule has 1 saturated heterocycles. The molecule has 9 heteroatoms. The van der Waals surface area contributed by atoms with Gasteiger partial charge in [-0.15, -0.1) is 11.3 Å². The highest BCUT2D eigenvalue weighted by molar-refractivity contribution is 7.14. The molecule has 0 spiro atoms. The van der Waals surface area contributed by atoms with Gasteiger partial charge in [0.15, 0.2) is 5.13 Å². The summed E-state index contributed by atoms with van der Waals surface area (Å²) >= 11 is 7.50. The maximum atomic E-state index is 13.5. The van der Waals surface area contributed by atoms with Crippen molar-refractivity contribution in [2.24, 2.45) is 0 Å². The summed E-state index contributed by atoms with van der Waals surface area (Å²) in [7, 11) is 0. The molecule has 1 aromatic heterocycles. The standard InChI is InChI=1S/C27H32ClN5O2S/c1-3-31-13-15-32(16-14-31)25(34)11-12-33(18-21-7-5-4-6-8-21)26(35)24-19-36-27(30-24)29-23-17-22(28)10-9-20(23)2/h4-10,17,19H,3,11-16,18H2,1-2H3,(H,29,30). The van der Waals surface area contributed by atoms with Gasteiger partial charge in [-0.1, -0.05) is 54.9 Å². The van der Waals surface area contributed by atoms with Crippen molar-refractivity contribution in [1.29, 1.82) is 0 Å². The average Bonchev–Trinajstić information content (AvgIpc) is 3.37. The first-order valence-corrected chi connectivity index (χ1v) is 13.5. The largest absolute Gasteiger partial charge is 0.340 e. The summed E-state index contributed by atoms with van der Waals surface area (Å²) in [4.78, 5) is 36.9. The fourth-order valence-electron chi connectivity index (χ4n) is 4.19. The number of rotatable bonds is 9. The van der Waals surface area contributed by atoms with Gasteiger partial charge >= 0.3 is 0 Å². The third-order valence-corrected chi connectivity index (χ3v) is 7.43. The van der Waals surface area contributed by atoms with Crippen molar-refractivity contribution < 1.29 is 9.59 Å². The molecule has 2 amide bonds. The van der Waals surface area contributed by atoms with Crippen LogP contribution in [-0.4, -0.2) is 70.8 Å². The van der Waals surface area contributed by atoms with E-state index in [2.05, 4.69) is 22.1 Å². The quantitative estimate of drug-likeness (QED) is 0.423. The smallest absolute Gasteiger partial charge is 0.273 e. The van der Waals surface area contributed by atoms with Crippen LogP contribution in [0.1, 0.15) is 35.0 Å². The predicted octanol–water partition coefficient (Wildman–Crippen LogP) is 5.05. The minimum absolute atomic E-state index is 0.0914. The Morgan fingerprint density at radius 3 is 2.58 bits per heavy atom. The van der Waals surface area contributed by atoms with Crippen molar-refractivity contribution in [3.63, 3.8) is 0 Å². The lowest BCUT2D eigenvalue weighted by Crippen LogP contribution is -2.49. The number of anilines is 2. The van der Waals surface area contributed by atoms with Gasteiger partial charge in [0, 0.05) is 61.8 Å². The monoisotopic (exact) mass is 525 g/mol. The summed E-state index contributed by atoms with van der Waals surface area (Å²) in [6.07, 6.45) is 0.293. The number of piperazine rings is 1. The number of nitrogens with zero attached hydrogens (tertiary/aromatic N) is 4. The Bertz CT molecular complexity index is 1180. The van der Waals surface area contributed by atoms with Crippen LogP contribution < -0.4 is 5.32 Å². The summed E-state index contributed by atoms with van der Waals surface area (Å²) < 4.78 is 0. The van der Waals surface area contributed by atoms with E-state index >= 15 is 0 Å². The highest BCUT2D eigenvalue weighted by Gasteiger charge is 2.24. The van der Waals surface area contributed by atoms with E-state index in [0.717, 1.165) is 49.5 Å². The van der Waals surface area contributed by atoms with E-state index in [1.54, 1.807) is 10.3 Å². The van der Waals surface area contributed by atoms with Crippen LogP contribution >= 0.6 is 22.9 Å². The molecule has 0 radical (unpaired) electrons. The summed E-state index contributed by atoms with van der Waals surface area (Å²) in [5.74, 6) is -0.0942. The third-order valence-electron chi connectivity index (χ3n) is 6.44. The molecule has 4 rings (SSSR count). The Morgan fingerprint density at radius 2 is 1.86 bits per heavy atom. The number of hydrogen-bond donors (Lipinski definition) is 1. The van der Waals surface area contributed by atoms with Gasteiger partial charge in [-0.3, -0.25) is 9.59 Å². The van der Waals surface area contributed by atoms with Crippen LogP contribution in [0.2, 0.25) is 5.02 Å². The fourth-order valence-corrected chi connectivity index (χ4v) is 5.06. The maximum absolute atomic E-state index is 13.5. The molecule has 0 unspecified atom stereocenters. The summed E-state index contributed by atoms with van der Waals surface area (Å²) in [5.41, 5.74) is 3.26. The number of carbonyl (C=O) groups is 2.